The van der Waals surface area contributed by atoms with E-state index in [-0.39, 0.29) is 17.9 Å². The first kappa shape index (κ1) is 19.4. The summed E-state index contributed by atoms with van der Waals surface area (Å²) in [6.07, 6.45) is 2.35. The van der Waals surface area contributed by atoms with Crippen LogP contribution in [-0.4, -0.2) is 17.9 Å². The van der Waals surface area contributed by atoms with Crippen LogP contribution in [0.3, 0.4) is 0 Å². The van der Waals surface area contributed by atoms with E-state index in [0.717, 1.165) is 49.6 Å². The second-order valence-corrected chi connectivity index (χ2v) is 9.44. The molecular formula is C24H19BrN2O2S. The van der Waals surface area contributed by atoms with Crippen LogP contribution in [0, 0.1) is 0 Å². The maximum absolute atomic E-state index is 13.2. The zero-order valence-corrected chi connectivity index (χ0v) is 18.5. The molecule has 30 heavy (non-hydrogen) atoms. The molecule has 0 aromatic heterocycles. The molecule has 0 radical (unpaired) electrons. The largest absolute Gasteiger partial charge is 0.326 e. The van der Waals surface area contributed by atoms with Crippen molar-refractivity contribution < 1.29 is 9.59 Å². The van der Waals surface area contributed by atoms with Gasteiger partial charge in [-0.1, -0.05) is 58.0 Å². The Morgan fingerprint density at radius 1 is 1.03 bits per heavy atom. The van der Waals surface area contributed by atoms with E-state index in [1.807, 2.05) is 71.6 Å². The van der Waals surface area contributed by atoms with E-state index in [1.54, 1.807) is 11.8 Å². The highest BCUT2D eigenvalue weighted by molar-refractivity contribution is 9.10. The Bertz CT molecular complexity index is 1160. The minimum absolute atomic E-state index is 0.0602. The minimum atomic E-state index is -0.0732. The van der Waals surface area contributed by atoms with Crippen molar-refractivity contribution in [3.05, 3.63) is 82.3 Å². The van der Waals surface area contributed by atoms with Crippen molar-refractivity contribution in [3.63, 3.8) is 0 Å². The van der Waals surface area contributed by atoms with Crippen molar-refractivity contribution in [1.82, 2.24) is 0 Å². The average Bonchev–Trinajstić information content (AvgIpc) is 3.57. The maximum atomic E-state index is 13.2. The minimum Gasteiger partial charge on any atom is -0.326 e. The fourth-order valence-corrected chi connectivity index (χ4v) is 5.21. The summed E-state index contributed by atoms with van der Waals surface area (Å²) in [7, 11) is 0. The normalized spacial score (nSPS) is 15.2. The van der Waals surface area contributed by atoms with E-state index in [0.29, 0.717) is 6.42 Å². The van der Waals surface area contributed by atoms with Crippen LogP contribution in [0.4, 0.5) is 11.4 Å². The monoisotopic (exact) mass is 478 g/mol. The summed E-state index contributed by atoms with van der Waals surface area (Å²) in [4.78, 5) is 29.7. The van der Waals surface area contributed by atoms with Crippen molar-refractivity contribution >= 4 is 50.9 Å². The predicted molar refractivity (Wildman–Crippen MR) is 123 cm³/mol. The van der Waals surface area contributed by atoms with Crippen molar-refractivity contribution in [1.29, 1.82) is 0 Å². The van der Waals surface area contributed by atoms with Crippen LogP contribution in [-0.2, 0) is 11.2 Å². The van der Waals surface area contributed by atoms with Crippen LogP contribution >= 0.6 is 27.7 Å². The van der Waals surface area contributed by atoms with E-state index in [9.17, 15) is 9.59 Å². The number of nitrogens with zero attached hydrogens (tertiary/aromatic N) is 1. The lowest BCUT2D eigenvalue weighted by molar-refractivity contribution is -0.115. The Hall–Kier alpha value is -2.57. The topological polar surface area (TPSA) is 49.4 Å². The van der Waals surface area contributed by atoms with Crippen LogP contribution in [0.15, 0.2) is 81.0 Å². The molecule has 3 aromatic rings. The highest BCUT2D eigenvalue weighted by Crippen LogP contribution is 2.46. The first-order valence-electron chi connectivity index (χ1n) is 9.88. The van der Waals surface area contributed by atoms with Crippen LogP contribution < -0.4 is 10.2 Å². The molecule has 0 atom stereocenters. The molecule has 1 aliphatic heterocycles. The molecular weight excluding hydrogens is 460 g/mol. The maximum Gasteiger partial charge on any atom is 0.259 e. The molecule has 0 unspecified atom stereocenters. The molecule has 0 spiro atoms. The molecule has 6 heteroatoms. The molecule has 0 saturated heterocycles. The van der Waals surface area contributed by atoms with E-state index in [1.165, 1.54) is 0 Å². The average molecular weight is 479 g/mol. The number of hydrogen-bond acceptors (Lipinski definition) is 3. The first-order valence-corrected chi connectivity index (χ1v) is 11.5. The van der Waals surface area contributed by atoms with Gasteiger partial charge in [-0.3, -0.25) is 9.59 Å². The number of amides is 2. The Labute approximate surface area is 187 Å². The number of hydrogen-bond donors (Lipinski definition) is 1. The quantitative estimate of drug-likeness (QED) is 0.507. The molecule has 150 valence electrons. The smallest absolute Gasteiger partial charge is 0.259 e. The summed E-state index contributed by atoms with van der Waals surface area (Å²) in [5.74, 6) is -0.0129. The number of nitrogens with one attached hydrogen (secondary N) is 1. The fraction of sp³-hybridized carbons (Fsp3) is 0.167. The van der Waals surface area contributed by atoms with Crippen LogP contribution in [0.5, 0.6) is 0 Å². The van der Waals surface area contributed by atoms with Gasteiger partial charge >= 0.3 is 0 Å². The van der Waals surface area contributed by atoms with Gasteiger partial charge in [-0.25, -0.2) is 0 Å². The first-order chi connectivity index (χ1) is 14.6. The fourth-order valence-electron chi connectivity index (χ4n) is 3.68. The van der Waals surface area contributed by atoms with Crippen LogP contribution in [0.1, 0.15) is 28.8 Å². The zero-order valence-electron chi connectivity index (χ0n) is 16.1. The molecule has 1 heterocycles. The van der Waals surface area contributed by atoms with Gasteiger partial charge in [0, 0.05) is 26.0 Å². The van der Waals surface area contributed by atoms with Gasteiger partial charge in [0.1, 0.15) is 0 Å². The van der Waals surface area contributed by atoms with Gasteiger partial charge in [-0.2, -0.15) is 0 Å². The highest BCUT2D eigenvalue weighted by Gasteiger charge is 2.38. The third-order valence-corrected chi connectivity index (χ3v) is 7.18. The van der Waals surface area contributed by atoms with Crippen molar-refractivity contribution in [2.24, 2.45) is 0 Å². The predicted octanol–water partition coefficient (Wildman–Crippen LogP) is 5.90. The SMILES string of the molecule is O=C(Cc1ccccc1Br)Nc1ccc2c(c1)Sc1ccccc1C(=O)N2C1CC1. The molecule has 1 saturated carbocycles. The Morgan fingerprint density at radius 2 is 1.80 bits per heavy atom. The van der Waals surface area contributed by atoms with Crippen molar-refractivity contribution in [3.8, 4) is 0 Å². The molecule has 1 aliphatic carbocycles. The molecule has 0 bridgehead atoms. The summed E-state index contributed by atoms with van der Waals surface area (Å²) < 4.78 is 0.924. The summed E-state index contributed by atoms with van der Waals surface area (Å²) in [6.45, 7) is 0. The third kappa shape index (κ3) is 3.77. The van der Waals surface area contributed by atoms with E-state index >= 15 is 0 Å². The lowest BCUT2D eigenvalue weighted by Crippen LogP contribution is -2.32. The van der Waals surface area contributed by atoms with E-state index in [4.69, 9.17) is 0 Å². The van der Waals surface area contributed by atoms with Gasteiger partial charge in [0.25, 0.3) is 5.91 Å². The van der Waals surface area contributed by atoms with Crippen molar-refractivity contribution in [2.45, 2.75) is 35.1 Å². The van der Waals surface area contributed by atoms with Gasteiger partial charge in [0.2, 0.25) is 5.91 Å². The van der Waals surface area contributed by atoms with Gasteiger partial charge in [0.05, 0.1) is 17.7 Å². The number of anilines is 2. The molecule has 4 nitrogen and oxygen atoms in total. The lowest BCUT2D eigenvalue weighted by atomic mass is 10.1. The van der Waals surface area contributed by atoms with Gasteiger partial charge in [-0.15, -0.1) is 0 Å². The third-order valence-electron chi connectivity index (χ3n) is 5.28. The van der Waals surface area contributed by atoms with Crippen molar-refractivity contribution in [2.75, 3.05) is 10.2 Å². The number of carbonyl (C=O) groups excluding carboxylic acids is 2. The van der Waals surface area contributed by atoms with Gasteiger partial charge in [0.15, 0.2) is 0 Å². The number of fused-ring (bicyclic) bond motifs is 2. The molecule has 1 N–H and O–H groups in total. The van der Waals surface area contributed by atoms with Crippen LogP contribution in [0.2, 0.25) is 0 Å². The molecule has 3 aromatic carbocycles. The second kappa shape index (κ2) is 7.93. The number of rotatable bonds is 4. The molecule has 2 amide bonds. The summed E-state index contributed by atoms with van der Waals surface area (Å²) >= 11 is 5.08. The Morgan fingerprint density at radius 3 is 2.60 bits per heavy atom. The van der Waals surface area contributed by atoms with Gasteiger partial charge < -0.3 is 10.2 Å². The molecule has 1 fully saturated rings. The zero-order chi connectivity index (χ0) is 20.7. The standard InChI is InChI=1S/C24H19BrN2O2S/c25-19-7-3-1-5-15(19)13-23(28)26-16-9-12-20-22(14-16)30-21-8-4-2-6-18(21)24(29)27(20)17-10-11-17/h1-9,12,14,17H,10-11,13H2,(H,26,28). The van der Waals surface area contributed by atoms with Gasteiger partial charge in [-0.05, 0) is 54.8 Å². The highest BCUT2D eigenvalue weighted by atomic mass is 79.9. The molecule has 2 aliphatic rings. The molecule has 5 rings (SSSR count). The van der Waals surface area contributed by atoms with E-state index in [2.05, 4.69) is 21.2 Å². The van der Waals surface area contributed by atoms with Crippen LogP contribution in [0.25, 0.3) is 0 Å². The number of halogens is 1. The Kier molecular flexibility index (Phi) is 5.13. The van der Waals surface area contributed by atoms with E-state index < -0.39 is 0 Å². The number of benzene rings is 3. The second-order valence-electron chi connectivity index (χ2n) is 7.50. The number of carbonyl (C=O) groups is 2. The summed E-state index contributed by atoms with van der Waals surface area (Å²) in [6, 6.07) is 21.5. The lowest BCUT2D eigenvalue weighted by Gasteiger charge is -2.23. The Balaban J connectivity index is 1.44. The summed E-state index contributed by atoms with van der Waals surface area (Å²) in [5.41, 5.74) is 3.34. The summed E-state index contributed by atoms with van der Waals surface area (Å²) in [5, 5.41) is 3.01.